The molecule has 0 amide bonds. The van der Waals surface area contributed by atoms with Gasteiger partial charge in [-0.25, -0.2) is 14.2 Å². The van der Waals surface area contributed by atoms with Gasteiger partial charge in [0.25, 0.3) is 0 Å². The van der Waals surface area contributed by atoms with Crippen molar-refractivity contribution < 1.29 is 13.9 Å². The summed E-state index contributed by atoms with van der Waals surface area (Å²) in [6, 6.07) is 14.3. The zero-order valence-corrected chi connectivity index (χ0v) is 11.3. The lowest BCUT2D eigenvalue weighted by molar-refractivity contribution is -0.129. The van der Waals surface area contributed by atoms with Crippen LogP contribution in [-0.4, -0.2) is 11.9 Å². The number of cyclic esters (lactones) is 1. The van der Waals surface area contributed by atoms with Gasteiger partial charge in [-0.2, -0.15) is 5.26 Å². The van der Waals surface area contributed by atoms with Crippen LogP contribution in [0.1, 0.15) is 16.7 Å². The molecule has 0 fully saturated rings. The number of hydrogen-bond donors (Lipinski definition) is 0. The van der Waals surface area contributed by atoms with E-state index in [4.69, 9.17) is 10.00 Å². The molecule has 0 spiro atoms. The first kappa shape index (κ1) is 13.7. The van der Waals surface area contributed by atoms with Gasteiger partial charge in [-0.15, -0.1) is 0 Å². The molecule has 1 heterocycles. The van der Waals surface area contributed by atoms with Crippen molar-refractivity contribution in [2.45, 2.75) is 0 Å². The minimum absolute atomic E-state index is 0.143. The first-order valence-electron chi connectivity index (χ1n) is 6.44. The molecule has 0 saturated heterocycles. The van der Waals surface area contributed by atoms with Gasteiger partial charge in [0, 0.05) is 5.56 Å². The average Bonchev–Trinajstić information content (AvgIpc) is 2.90. The topological polar surface area (TPSA) is 62.4 Å². The molecule has 2 aromatic carbocycles. The highest BCUT2D eigenvalue weighted by Crippen LogP contribution is 2.19. The van der Waals surface area contributed by atoms with Crippen LogP contribution in [0.2, 0.25) is 0 Å². The average molecular weight is 292 g/mol. The molecule has 5 heteroatoms. The maximum absolute atomic E-state index is 12.9. The van der Waals surface area contributed by atoms with Crippen molar-refractivity contribution in [3.8, 4) is 6.07 Å². The Bertz CT molecular complexity index is 828. The van der Waals surface area contributed by atoms with Crippen LogP contribution < -0.4 is 0 Å². The Balaban J connectivity index is 1.90. The summed E-state index contributed by atoms with van der Waals surface area (Å²) >= 11 is 0. The van der Waals surface area contributed by atoms with E-state index in [0.717, 1.165) is 5.56 Å². The third-order valence-corrected chi connectivity index (χ3v) is 3.05. The minimum atomic E-state index is -0.566. The van der Waals surface area contributed by atoms with E-state index in [2.05, 4.69) is 4.99 Å². The number of ether oxygens (including phenoxy) is 1. The highest BCUT2D eigenvalue weighted by Gasteiger charge is 2.24. The lowest BCUT2D eigenvalue weighted by atomic mass is 10.1. The predicted octanol–water partition coefficient (Wildman–Crippen LogP) is 3.04. The Morgan fingerprint density at radius 3 is 2.41 bits per heavy atom. The summed E-state index contributed by atoms with van der Waals surface area (Å²) in [6.07, 6.45) is 1.57. The molecule has 3 rings (SSSR count). The second-order valence-corrected chi connectivity index (χ2v) is 4.58. The summed E-state index contributed by atoms with van der Waals surface area (Å²) in [7, 11) is 0. The monoisotopic (exact) mass is 292 g/mol. The van der Waals surface area contributed by atoms with Crippen molar-refractivity contribution in [1.29, 1.82) is 5.26 Å². The number of benzene rings is 2. The van der Waals surface area contributed by atoms with E-state index < -0.39 is 5.97 Å². The van der Waals surface area contributed by atoms with Gasteiger partial charge in [-0.05, 0) is 48.0 Å². The highest BCUT2D eigenvalue weighted by molar-refractivity contribution is 6.12. The van der Waals surface area contributed by atoms with Gasteiger partial charge < -0.3 is 4.74 Å². The molecule has 1 aliphatic heterocycles. The Morgan fingerprint density at radius 1 is 1.09 bits per heavy atom. The molecule has 0 aromatic heterocycles. The SMILES string of the molecule is N#Cc1ccc(/C=C2\N=C(c3ccc(F)cc3)OC2=O)cc1. The number of esters is 1. The number of aliphatic imine (C=N–C) groups is 1. The maximum Gasteiger partial charge on any atom is 0.363 e. The van der Waals surface area contributed by atoms with Crippen LogP contribution in [0.3, 0.4) is 0 Å². The number of carbonyl (C=O) groups excluding carboxylic acids is 1. The van der Waals surface area contributed by atoms with Crippen molar-refractivity contribution >= 4 is 17.9 Å². The zero-order chi connectivity index (χ0) is 15.5. The summed E-state index contributed by atoms with van der Waals surface area (Å²) in [5.41, 5.74) is 1.95. The number of nitrogens with zero attached hydrogens (tertiary/aromatic N) is 2. The van der Waals surface area contributed by atoms with Gasteiger partial charge in [0.2, 0.25) is 5.90 Å². The van der Waals surface area contributed by atoms with Gasteiger partial charge in [0.05, 0.1) is 11.6 Å². The second kappa shape index (κ2) is 5.62. The highest BCUT2D eigenvalue weighted by atomic mass is 19.1. The van der Waals surface area contributed by atoms with Gasteiger partial charge in [0.1, 0.15) is 5.82 Å². The molecule has 0 aliphatic carbocycles. The lowest BCUT2D eigenvalue weighted by Gasteiger charge is -1.98. The molecule has 22 heavy (non-hydrogen) atoms. The zero-order valence-electron chi connectivity index (χ0n) is 11.3. The van der Waals surface area contributed by atoms with E-state index in [-0.39, 0.29) is 17.4 Å². The molecular formula is C17H9FN2O2. The normalized spacial score (nSPS) is 15.4. The minimum Gasteiger partial charge on any atom is -0.402 e. The van der Waals surface area contributed by atoms with Crippen molar-refractivity contribution in [2.75, 3.05) is 0 Å². The first-order valence-corrected chi connectivity index (χ1v) is 6.44. The fourth-order valence-corrected chi connectivity index (χ4v) is 1.94. The van der Waals surface area contributed by atoms with Gasteiger partial charge in [0.15, 0.2) is 5.70 Å². The molecule has 106 valence electrons. The second-order valence-electron chi connectivity index (χ2n) is 4.58. The molecule has 4 nitrogen and oxygen atoms in total. The Kier molecular flexibility index (Phi) is 3.50. The van der Waals surface area contributed by atoms with E-state index in [1.165, 1.54) is 24.3 Å². The number of halogens is 1. The standard InChI is InChI=1S/C17H9FN2O2/c18-14-7-5-13(6-8-14)16-20-15(17(21)22-16)9-11-1-3-12(10-19)4-2-11/h1-9H/b15-9-. The van der Waals surface area contributed by atoms with Crippen LogP contribution in [0.5, 0.6) is 0 Å². The predicted molar refractivity (Wildman–Crippen MR) is 78.2 cm³/mol. The molecule has 0 bridgehead atoms. The van der Waals surface area contributed by atoms with Crippen LogP contribution in [0.4, 0.5) is 4.39 Å². The molecule has 1 aliphatic rings. The summed E-state index contributed by atoms with van der Waals surface area (Å²) in [4.78, 5) is 15.9. The first-order chi connectivity index (χ1) is 10.7. The third kappa shape index (κ3) is 2.76. The van der Waals surface area contributed by atoms with Crippen molar-refractivity contribution in [3.05, 3.63) is 76.7 Å². The molecule has 0 unspecified atom stereocenters. The largest absolute Gasteiger partial charge is 0.402 e. The van der Waals surface area contributed by atoms with E-state index in [1.54, 1.807) is 30.3 Å². The Hall–Kier alpha value is -3.26. The summed E-state index contributed by atoms with van der Waals surface area (Å²) in [5.74, 6) is -0.796. The number of hydrogen-bond acceptors (Lipinski definition) is 4. The number of carbonyl (C=O) groups is 1. The lowest BCUT2D eigenvalue weighted by Crippen LogP contribution is -2.05. The van der Waals surface area contributed by atoms with Crippen LogP contribution in [-0.2, 0) is 9.53 Å². The summed E-state index contributed by atoms with van der Waals surface area (Å²) in [5, 5.41) is 8.75. The molecule has 0 saturated carbocycles. The maximum atomic E-state index is 12.9. The van der Waals surface area contributed by atoms with Crippen molar-refractivity contribution in [2.24, 2.45) is 4.99 Å². The molecule has 2 aromatic rings. The number of nitriles is 1. The van der Waals surface area contributed by atoms with Gasteiger partial charge in [-0.3, -0.25) is 0 Å². The van der Waals surface area contributed by atoms with E-state index >= 15 is 0 Å². The number of rotatable bonds is 2. The van der Waals surface area contributed by atoms with Crippen LogP contribution in [0, 0.1) is 17.1 Å². The fourth-order valence-electron chi connectivity index (χ4n) is 1.94. The Morgan fingerprint density at radius 2 is 1.77 bits per heavy atom. The Labute approximate surface area is 125 Å². The molecule has 0 radical (unpaired) electrons. The molecule has 0 N–H and O–H groups in total. The van der Waals surface area contributed by atoms with E-state index in [9.17, 15) is 9.18 Å². The van der Waals surface area contributed by atoms with E-state index in [0.29, 0.717) is 11.1 Å². The quantitative estimate of drug-likeness (QED) is 0.631. The summed E-state index contributed by atoms with van der Waals surface area (Å²) < 4.78 is 18.0. The smallest absolute Gasteiger partial charge is 0.363 e. The van der Waals surface area contributed by atoms with Crippen LogP contribution in [0.25, 0.3) is 6.08 Å². The van der Waals surface area contributed by atoms with Crippen LogP contribution >= 0.6 is 0 Å². The van der Waals surface area contributed by atoms with Crippen molar-refractivity contribution in [3.63, 3.8) is 0 Å². The molecule has 0 atom stereocenters. The van der Waals surface area contributed by atoms with Crippen molar-refractivity contribution in [1.82, 2.24) is 0 Å². The van der Waals surface area contributed by atoms with Crippen LogP contribution in [0.15, 0.2) is 59.2 Å². The summed E-state index contributed by atoms with van der Waals surface area (Å²) in [6.45, 7) is 0. The van der Waals surface area contributed by atoms with E-state index in [1.807, 2.05) is 6.07 Å². The third-order valence-electron chi connectivity index (χ3n) is 3.05. The van der Waals surface area contributed by atoms with Gasteiger partial charge in [-0.1, -0.05) is 12.1 Å². The molecular weight excluding hydrogens is 283 g/mol. The fraction of sp³-hybridized carbons (Fsp3) is 0. The van der Waals surface area contributed by atoms with Gasteiger partial charge >= 0.3 is 5.97 Å².